The Balaban J connectivity index is 1.87. The van der Waals surface area contributed by atoms with Crippen LogP contribution >= 0.6 is 23.1 Å². The number of carbonyl (C=O) groups excluding carboxylic acids is 1. The van der Waals surface area contributed by atoms with Crippen LogP contribution in [0.3, 0.4) is 0 Å². The summed E-state index contributed by atoms with van der Waals surface area (Å²) in [5.41, 5.74) is 6.02. The number of nitrogens with zero attached hydrogens (tertiary/aromatic N) is 1. The van der Waals surface area contributed by atoms with Gasteiger partial charge in [0.25, 0.3) is 5.91 Å². The fraction of sp³-hybridized carbons (Fsp3) is 0.692. The van der Waals surface area contributed by atoms with Crippen molar-refractivity contribution in [3.63, 3.8) is 0 Å². The number of thioether (sulfide) groups is 1. The molecular weight excluding hydrogens is 278 g/mol. The molecule has 1 aliphatic carbocycles. The number of aromatic nitrogens is 1. The fourth-order valence-electron chi connectivity index (χ4n) is 2.43. The molecule has 0 unspecified atom stereocenters. The molecule has 1 heterocycles. The van der Waals surface area contributed by atoms with Crippen LogP contribution in [-0.2, 0) is 6.54 Å². The van der Waals surface area contributed by atoms with E-state index >= 15 is 0 Å². The van der Waals surface area contributed by atoms with Crippen molar-refractivity contribution in [1.29, 1.82) is 0 Å². The van der Waals surface area contributed by atoms with Crippen molar-refractivity contribution in [3.05, 3.63) is 16.1 Å². The Morgan fingerprint density at radius 3 is 3.16 bits per heavy atom. The van der Waals surface area contributed by atoms with Crippen molar-refractivity contribution >= 4 is 29.0 Å². The average molecular weight is 299 g/mol. The Kier molecular flexibility index (Phi) is 5.66. The van der Waals surface area contributed by atoms with Crippen molar-refractivity contribution in [1.82, 2.24) is 10.3 Å². The molecule has 3 N–H and O–H groups in total. The Morgan fingerprint density at radius 2 is 2.47 bits per heavy atom. The summed E-state index contributed by atoms with van der Waals surface area (Å²) in [6.07, 6.45) is 4.64. The van der Waals surface area contributed by atoms with Gasteiger partial charge in [0.05, 0.1) is 0 Å². The molecule has 19 heavy (non-hydrogen) atoms. The highest BCUT2D eigenvalue weighted by molar-refractivity contribution is 7.99. The van der Waals surface area contributed by atoms with Crippen LogP contribution in [-0.4, -0.2) is 27.9 Å². The second-order valence-electron chi connectivity index (χ2n) is 4.74. The molecule has 0 saturated heterocycles. The number of hydrogen-bond acceptors (Lipinski definition) is 5. The average Bonchev–Trinajstić information content (AvgIpc) is 2.88. The lowest BCUT2D eigenvalue weighted by Gasteiger charge is -2.29. The quantitative estimate of drug-likeness (QED) is 0.876. The summed E-state index contributed by atoms with van der Waals surface area (Å²) < 4.78 is 0. The second-order valence-corrected chi connectivity index (χ2v) is 7.26. The predicted molar refractivity (Wildman–Crippen MR) is 81.6 cm³/mol. The minimum Gasteiger partial charge on any atom is -0.348 e. The van der Waals surface area contributed by atoms with Crippen molar-refractivity contribution in [2.45, 2.75) is 50.4 Å². The SMILES string of the molecule is CCS[C@H]1CCC[C@@H](NC(=O)c2csc(CN)n2)C1. The van der Waals surface area contributed by atoms with Crippen LogP contribution < -0.4 is 11.1 Å². The molecule has 0 spiro atoms. The molecule has 1 aromatic heterocycles. The second kappa shape index (κ2) is 7.26. The number of thiazole rings is 1. The highest BCUT2D eigenvalue weighted by Crippen LogP contribution is 2.28. The van der Waals surface area contributed by atoms with E-state index in [1.807, 2.05) is 11.8 Å². The molecule has 106 valence electrons. The van der Waals surface area contributed by atoms with Gasteiger partial charge in [-0.05, 0) is 25.0 Å². The molecule has 6 heteroatoms. The summed E-state index contributed by atoms with van der Waals surface area (Å²) in [6.45, 7) is 2.59. The normalized spacial score (nSPS) is 23.3. The summed E-state index contributed by atoms with van der Waals surface area (Å²) in [6, 6.07) is 0.299. The van der Waals surface area contributed by atoms with Crippen molar-refractivity contribution in [2.24, 2.45) is 5.73 Å². The molecule has 1 fully saturated rings. The smallest absolute Gasteiger partial charge is 0.270 e. The highest BCUT2D eigenvalue weighted by atomic mass is 32.2. The van der Waals surface area contributed by atoms with Gasteiger partial charge in [0.1, 0.15) is 10.7 Å². The molecule has 1 saturated carbocycles. The van der Waals surface area contributed by atoms with Crippen LogP contribution in [0.1, 0.15) is 48.1 Å². The minimum atomic E-state index is -0.0527. The molecule has 4 nitrogen and oxygen atoms in total. The molecular formula is C13H21N3OS2. The molecule has 0 bridgehead atoms. The lowest BCUT2D eigenvalue weighted by molar-refractivity contribution is 0.0924. The molecule has 2 rings (SSSR count). The number of nitrogens with two attached hydrogens (primary N) is 1. The molecule has 0 radical (unpaired) electrons. The van der Waals surface area contributed by atoms with Gasteiger partial charge in [-0.2, -0.15) is 11.8 Å². The summed E-state index contributed by atoms with van der Waals surface area (Å²) in [7, 11) is 0. The zero-order valence-electron chi connectivity index (χ0n) is 11.2. The van der Waals surface area contributed by atoms with Gasteiger partial charge in [0, 0.05) is 23.2 Å². The Bertz CT molecular complexity index is 420. The topological polar surface area (TPSA) is 68.0 Å². The van der Waals surface area contributed by atoms with Crippen LogP contribution in [0.25, 0.3) is 0 Å². The van der Waals surface area contributed by atoms with Crippen molar-refractivity contribution in [3.8, 4) is 0 Å². The van der Waals surface area contributed by atoms with Crippen molar-refractivity contribution < 1.29 is 4.79 Å². The Hall–Kier alpha value is -0.590. The summed E-state index contributed by atoms with van der Waals surface area (Å²) in [4.78, 5) is 16.3. The first-order valence-corrected chi connectivity index (χ1v) is 8.72. The maximum atomic E-state index is 12.1. The predicted octanol–water partition coefficient (Wildman–Crippen LogP) is 2.40. The monoisotopic (exact) mass is 299 g/mol. The molecule has 2 atom stereocenters. The highest BCUT2D eigenvalue weighted by Gasteiger charge is 2.24. The van der Waals surface area contributed by atoms with Gasteiger partial charge in [0.2, 0.25) is 0 Å². The van der Waals surface area contributed by atoms with Crippen molar-refractivity contribution in [2.75, 3.05) is 5.75 Å². The lowest BCUT2D eigenvalue weighted by Crippen LogP contribution is -2.39. The van der Waals surface area contributed by atoms with E-state index in [-0.39, 0.29) is 5.91 Å². The van der Waals surface area contributed by atoms with Crippen LogP contribution in [0.2, 0.25) is 0 Å². The zero-order chi connectivity index (χ0) is 13.7. The van der Waals surface area contributed by atoms with Crippen LogP contribution in [0.4, 0.5) is 0 Å². The van der Waals surface area contributed by atoms with Gasteiger partial charge in [-0.25, -0.2) is 4.98 Å². The maximum absolute atomic E-state index is 12.1. The summed E-state index contributed by atoms with van der Waals surface area (Å²) in [5.74, 6) is 1.10. The first kappa shape index (κ1) is 14.8. The third-order valence-electron chi connectivity index (χ3n) is 3.32. The van der Waals surface area contributed by atoms with E-state index in [2.05, 4.69) is 17.2 Å². The van der Waals surface area contributed by atoms with Gasteiger partial charge < -0.3 is 11.1 Å². The third-order valence-corrected chi connectivity index (χ3v) is 5.43. The Labute approximate surface area is 122 Å². The van der Waals surface area contributed by atoms with E-state index in [9.17, 15) is 4.79 Å². The molecule has 1 aromatic rings. The van der Waals surface area contributed by atoms with Gasteiger partial charge in [-0.3, -0.25) is 4.79 Å². The van der Waals surface area contributed by atoms with Crippen LogP contribution in [0, 0.1) is 0 Å². The summed E-state index contributed by atoms with van der Waals surface area (Å²) >= 11 is 3.45. The maximum Gasteiger partial charge on any atom is 0.270 e. The zero-order valence-corrected chi connectivity index (χ0v) is 12.9. The van der Waals surface area contributed by atoms with Crippen LogP contribution in [0.15, 0.2) is 5.38 Å². The van der Waals surface area contributed by atoms with E-state index in [1.54, 1.807) is 5.38 Å². The molecule has 0 aromatic carbocycles. The standard InChI is InChI=1S/C13H21N3OS2/c1-2-18-10-5-3-4-9(6-10)15-13(17)11-8-19-12(7-14)16-11/h8-10H,2-7,14H2,1H3,(H,15,17)/t9-,10+/m1/s1. The van der Waals surface area contributed by atoms with Gasteiger partial charge >= 0.3 is 0 Å². The molecule has 0 aliphatic heterocycles. The third kappa shape index (κ3) is 4.19. The number of nitrogens with one attached hydrogen (secondary N) is 1. The Morgan fingerprint density at radius 1 is 1.63 bits per heavy atom. The summed E-state index contributed by atoms with van der Waals surface area (Å²) in [5, 5.41) is 6.41. The van der Waals surface area contributed by atoms with Crippen LogP contribution in [0.5, 0.6) is 0 Å². The number of amides is 1. The van der Waals surface area contributed by atoms with E-state index in [1.165, 1.54) is 24.2 Å². The molecule has 1 aliphatic rings. The number of hydrogen-bond donors (Lipinski definition) is 2. The minimum absolute atomic E-state index is 0.0527. The van der Waals surface area contributed by atoms with Gasteiger partial charge in [-0.1, -0.05) is 13.3 Å². The van der Waals surface area contributed by atoms with E-state index in [4.69, 9.17) is 5.73 Å². The lowest BCUT2D eigenvalue weighted by atomic mass is 9.95. The number of carbonyl (C=O) groups is 1. The number of rotatable bonds is 5. The van der Waals surface area contributed by atoms with E-state index in [0.717, 1.165) is 23.6 Å². The fourth-order valence-corrected chi connectivity index (χ4v) is 4.26. The largest absolute Gasteiger partial charge is 0.348 e. The van der Waals surface area contributed by atoms with Gasteiger partial charge in [-0.15, -0.1) is 11.3 Å². The first-order chi connectivity index (χ1) is 9.22. The first-order valence-electron chi connectivity index (χ1n) is 6.79. The van der Waals surface area contributed by atoms with Gasteiger partial charge in [0.15, 0.2) is 0 Å². The molecule has 1 amide bonds. The van der Waals surface area contributed by atoms with E-state index in [0.29, 0.717) is 23.5 Å². The van der Waals surface area contributed by atoms with E-state index < -0.39 is 0 Å².